The summed E-state index contributed by atoms with van der Waals surface area (Å²) in [4.78, 5) is 14.3. The molecule has 0 bridgehead atoms. The summed E-state index contributed by atoms with van der Waals surface area (Å²) in [5.41, 5.74) is 1.55. The average molecular weight is 419 g/mol. The van der Waals surface area contributed by atoms with Crippen LogP contribution >= 0.6 is 0 Å². The van der Waals surface area contributed by atoms with E-state index in [0.29, 0.717) is 12.1 Å². The quantitative estimate of drug-likeness (QED) is 0.554. The average Bonchev–Trinajstić information content (AvgIpc) is 2.72. The zero-order valence-electron chi connectivity index (χ0n) is 16.6. The molecule has 1 fully saturated rings. The molecule has 2 aromatic rings. The highest BCUT2D eigenvalue weighted by atomic mass is 32.2. The molecule has 156 valence electrons. The number of para-hydroxylation sites is 1. The van der Waals surface area contributed by atoms with Crippen molar-refractivity contribution in [1.82, 2.24) is 5.32 Å². The summed E-state index contributed by atoms with van der Waals surface area (Å²) in [6.07, 6.45) is 0.859. The van der Waals surface area contributed by atoms with E-state index in [0.717, 1.165) is 44.8 Å². The van der Waals surface area contributed by atoms with Crippen molar-refractivity contribution in [2.75, 3.05) is 44.1 Å². The zero-order chi connectivity index (χ0) is 20.7. The Balaban J connectivity index is 1.60. The van der Waals surface area contributed by atoms with Crippen LogP contribution in [0.25, 0.3) is 0 Å². The lowest BCUT2D eigenvalue weighted by Crippen LogP contribution is -3.14. The molecule has 0 unspecified atom stereocenters. The second-order valence-electron chi connectivity index (χ2n) is 7.19. The van der Waals surface area contributed by atoms with Gasteiger partial charge in [0, 0.05) is 13.0 Å². The number of anilines is 1. The topological polar surface area (TPSA) is 88.9 Å². The minimum absolute atomic E-state index is 0.159. The van der Waals surface area contributed by atoms with Gasteiger partial charge in [-0.1, -0.05) is 29.8 Å². The molecule has 0 radical (unpaired) electrons. The van der Waals surface area contributed by atoms with Crippen LogP contribution in [0.4, 0.5) is 5.69 Å². The van der Waals surface area contributed by atoms with Gasteiger partial charge in [-0.15, -0.1) is 0 Å². The Kier molecular flexibility index (Phi) is 7.24. The van der Waals surface area contributed by atoms with E-state index in [4.69, 9.17) is 4.74 Å². The van der Waals surface area contributed by atoms with Crippen LogP contribution in [-0.2, 0) is 14.8 Å². The Morgan fingerprint density at radius 2 is 1.76 bits per heavy atom. The summed E-state index contributed by atoms with van der Waals surface area (Å²) >= 11 is 0. The minimum Gasteiger partial charge on any atom is -0.370 e. The number of hydrogen-bond donors (Lipinski definition) is 3. The summed E-state index contributed by atoms with van der Waals surface area (Å²) < 4.78 is 33.2. The normalized spacial score (nSPS) is 15.1. The fourth-order valence-corrected chi connectivity index (χ4v) is 4.32. The number of carbonyl (C=O) groups is 1. The van der Waals surface area contributed by atoms with Gasteiger partial charge in [-0.2, -0.15) is 0 Å². The number of nitrogens with one attached hydrogen (secondary N) is 3. The van der Waals surface area contributed by atoms with Gasteiger partial charge in [0.2, 0.25) is 0 Å². The number of sulfonamides is 1. The Morgan fingerprint density at radius 3 is 2.48 bits per heavy atom. The summed E-state index contributed by atoms with van der Waals surface area (Å²) in [5.74, 6) is -0.288. The van der Waals surface area contributed by atoms with Crippen molar-refractivity contribution in [1.29, 1.82) is 0 Å². The maximum Gasteiger partial charge on any atom is 0.261 e. The molecule has 3 N–H and O–H groups in total. The van der Waals surface area contributed by atoms with Crippen LogP contribution in [-0.4, -0.2) is 53.7 Å². The lowest BCUT2D eigenvalue weighted by Gasteiger charge is -2.23. The Morgan fingerprint density at radius 1 is 1.07 bits per heavy atom. The van der Waals surface area contributed by atoms with Crippen LogP contribution in [0.5, 0.6) is 0 Å². The molecule has 1 aliphatic heterocycles. The molecule has 0 saturated carbocycles. The SMILES string of the molecule is Cc1ccc(S(=O)(=O)Nc2ccccc2C(=O)NCCC[NH+]2CCOCC2)cc1. The van der Waals surface area contributed by atoms with Gasteiger partial charge in [0.15, 0.2) is 0 Å². The first-order valence-corrected chi connectivity index (χ1v) is 11.3. The number of ether oxygens (including phenoxy) is 1. The van der Waals surface area contributed by atoms with Crippen LogP contribution in [0.1, 0.15) is 22.3 Å². The summed E-state index contributed by atoms with van der Waals surface area (Å²) in [5, 5.41) is 2.89. The van der Waals surface area contributed by atoms with Crippen LogP contribution < -0.4 is 14.9 Å². The third-order valence-corrected chi connectivity index (χ3v) is 6.32. The third kappa shape index (κ3) is 6.03. The first-order valence-electron chi connectivity index (χ1n) is 9.84. The van der Waals surface area contributed by atoms with E-state index in [1.165, 1.54) is 4.90 Å². The van der Waals surface area contributed by atoms with Gasteiger partial charge in [-0.05, 0) is 31.2 Å². The van der Waals surface area contributed by atoms with Crippen molar-refractivity contribution >= 4 is 21.6 Å². The van der Waals surface area contributed by atoms with Gasteiger partial charge >= 0.3 is 0 Å². The molecule has 0 aromatic heterocycles. The minimum atomic E-state index is -3.77. The van der Waals surface area contributed by atoms with Gasteiger partial charge in [-0.25, -0.2) is 8.42 Å². The molecule has 2 aromatic carbocycles. The predicted molar refractivity (Wildman–Crippen MR) is 112 cm³/mol. The number of aryl methyl sites for hydroxylation is 1. The van der Waals surface area contributed by atoms with Gasteiger partial charge in [0.25, 0.3) is 15.9 Å². The van der Waals surface area contributed by atoms with E-state index < -0.39 is 10.0 Å². The molecule has 0 spiro atoms. The standard InChI is InChI=1S/C21H27N3O4S/c1-17-7-9-18(10-8-17)29(26,27)23-20-6-3-2-5-19(20)21(25)22-11-4-12-24-13-15-28-16-14-24/h2-3,5-10,23H,4,11-16H2,1H3,(H,22,25)/p+1. The fourth-order valence-electron chi connectivity index (χ4n) is 3.24. The Bertz CT molecular complexity index is 923. The predicted octanol–water partition coefficient (Wildman–Crippen LogP) is 0.831. The first kappa shape index (κ1) is 21.3. The number of benzene rings is 2. The van der Waals surface area contributed by atoms with Crippen LogP contribution in [0.15, 0.2) is 53.4 Å². The third-order valence-electron chi connectivity index (χ3n) is 4.94. The molecule has 1 saturated heterocycles. The van der Waals surface area contributed by atoms with Crippen molar-refractivity contribution < 1.29 is 22.8 Å². The van der Waals surface area contributed by atoms with E-state index in [1.807, 2.05) is 6.92 Å². The monoisotopic (exact) mass is 418 g/mol. The molecule has 0 aliphatic carbocycles. The van der Waals surface area contributed by atoms with Gasteiger partial charge in [-0.3, -0.25) is 9.52 Å². The lowest BCUT2D eigenvalue weighted by atomic mass is 10.1. The first-order chi connectivity index (χ1) is 14.0. The molecule has 1 amide bonds. The highest BCUT2D eigenvalue weighted by Crippen LogP contribution is 2.20. The molecule has 1 heterocycles. The van der Waals surface area contributed by atoms with E-state index in [2.05, 4.69) is 10.0 Å². The van der Waals surface area contributed by atoms with E-state index in [1.54, 1.807) is 48.5 Å². The van der Waals surface area contributed by atoms with Crippen molar-refractivity contribution in [3.63, 3.8) is 0 Å². The molecule has 1 aliphatic rings. The zero-order valence-corrected chi connectivity index (χ0v) is 17.4. The molecule has 3 rings (SSSR count). The van der Waals surface area contributed by atoms with Crippen LogP contribution in [0.3, 0.4) is 0 Å². The highest BCUT2D eigenvalue weighted by molar-refractivity contribution is 7.92. The Labute approximate surface area is 172 Å². The summed E-state index contributed by atoms with van der Waals surface area (Å²) in [6.45, 7) is 6.99. The van der Waals surface area contributed by atoms with Crippen LogP contribution in [0, 0.1) is 6.92 Å². The van der Waals surface area contributed by atoms with Crippen molar-refractivity contribution in [2.45, 2.75) is 18.2 Å². The second kappa shape index (κ2) is 9.87. The molecule has 8 heteroatoms. The van der Waals surface area contributed by atoms with Gasteiger partial charge in [0.1, 0.15) is 13.1 Å². The number of amides is 1. The van der Waals surface area contributed by atoms with E-state index in [9.17, 15) is 13.2 Å². The lowest BCUT2D eigenvalue weighted by molar-refractivity contribution is -0.908. The molecular formula is C21H28N3O4S+. The van der Waals surface area contributed by atoms with Crippen molar-refractivity contribution in [3.8, 4) is 0 Å². The second-order valence-corrected chi connectivity index (χ2v) is 8.87. The van der Waals surface area contributed by atoms with Gasteiger partial charge in [0.05, 0.1) is 35.9 Å². The maximum atomic E-state index is 12.7. The molecule has 29 heavy (non-hydrogen) atoms. The number of rotatable bonds is 8. The van der Waals surface area contributed by atoms with Crippen LogP contribution in [0.2, 0.25) is 0 Å². The summed E-state index contributed by atoms with van der Waals surface area (Å²) in [6, 6.07) is 13.2. The van der Waals surface area contributed by atoms with Crippen molar-refractivity contribution in [2.24, 2.45) is 0 Å². The van der Waals surface area contributed by atoms with Gasteiger partial charge < -0.3 is 15.0 Å². The smallest absolute Gasteiger partial charge is 0.261 e. The molecule has 7 nitrogen and oxygen atoms in total. The number of carbonyl (C=O) groups excluding carboxylic acids is 1. The number of hydrogen-bond acceptors (Lipinski definition) is 4. The number of morpholine rings is 1. The van der Waals surface area contributed by atoms with Crippen molar-refractivity contribution in [3.05, 3.63) is 59.7 Å². The molecular weight excluding hydrogens is 390 g/mol. The summed E-state index contributed by atoms with van der Waals surface area (Å²) in [7, 11) is -3.77. The number of quaternary nitrogens is 1. The maximum absolute atomic E-state index is 12.7. The van der Waals surface area contributed by atoms with E-state index >= 15 is 0 Å². The molecule has 0 atom stereocenters. The highest BCUT2D eigenvalue weighted by Gasteiger charge is 2.19. The largest absolute Gasteiger partial charge is 0.370 e. The fraction of sp³-hybridized carbons (Fsp3) is 0.381. The van der Waals surface area contributed by atoms with E-state index in [-0.39, 0.29) is 16.5 Å². The Hall–Kier alpha value is -2.42.